The van der Waals surface area contributed by atoms with Gasteiger partial charge in [-0.05, 0) is 31.0 Å². The van der Waals surface area contributed by atoms with Crippen LogP contribution in [-0.2, 0) is 6.54 Å². The van der Waals surface area contributed by atoms with Gasteiger partial charge in [-0.25, -0.2) is 0 Å². The fraction of sp³-hybridized carbons (Fsp3) is 0.462. The Morgan fingerprint density at radius 2 is 2.24 bits per heavy atom. The molecule has 0 saturated carbocycles. The van der Waals surface area contributed by atoms with E-state index in [1.54, 1.807) is 6.07 Å². The summed E-state index contributed by atoms with van der Waals surface area (Å²) in [6.45, 7) is 2.64. The van der Waals surface area contributed by atoms with Crippen molar-refractivity contribution in [1.29, 1.82) is 5.26 Å². The lowest BCUT2D eigenvalue weighted by atomic mass is 9.99. The Labute approximate surface area is 112 Å². The molecule has 90 valence electrons. The van der Waals surface area contributed by atoms with Crippen LogP contribution >= 0.6 is 23.2 Å². The van der Waals surface area contributed by atoms with Crippen molar-refractivity contribution in [2.24, 2.45) is 5.92 Å². The van der Waals surface area contributed by atoms with Crippen LogP contribution in [0.4, 0.5) is 0 Å². The highest BCUT2D eigenvalue weighted by molar-refractivity contribution is 6.42. The van der Waals surface area contributed by atoms with Gasteiger partial charge in [-0.1, -0.05) is 35.3 Å². The Hall–Kier alpha value is -0.750. The van der Waals surface area contributed by atoms with Crippen LogP contribution in [-0.4, -0.2) is 18.0 Å². The molecule has 0 spiro atoms. The van der Waals surface area contributed by atoms with E-state index in [0.717, 1.165) is 38.0 Å². The van der Waals surface area contributed by atoms with Gasteiger partial charge in [0.05, 0.1) is 22.0 Å². The predicted molar refractivity (Wildman–Crippen MR) is 70.1 cm³/mol. The van der Waals surface area contributed by atoms with E-state index in [-0.39, 0.29) is 5.92 Å². The van der Waals surface area contributed by atoms with Gasteiger partial charge in [0.1, 0.15) is 0 Å². The van der Waals surface area contributed by atoms with Gasteiger partial charge in [0.25, 0.3) is 0 Å². The summed E-state index contributed by atoms with van der Waals surface area (Å²) >= 11 is 12.1. The normalized spacial score (nSPS) is 21.1. The molecule has 4 heteroatoms. The zero-order chi connectivity index (χ0) is 12.3. The van der Waals surface area contributed by atoms with E-state index in [9.17, 15) is 0 Å². The smallest absolute Gasteiger partial charge is 0.0669 e. The molecule has 1 unspecified atom stereocenters. The van der Waals surface area contributed by atoms with Gasteiger partial charge in [-0.15, -0.1) is 0 Å². The highest BCUT2D eigenvalue weighted by Crippen LogP contribution is 2.27. The molecule has 17 heavy (non-hydrogen) atoms. The van der Waals surface area contributed by atoms with Gasteiger partial charge >= 0.3 is 0 Å². The monoisotopic (exact) mass is 268 g/mol. The number of hydrogen-bond acceptors (Lipinski definition) is 2. The van der Waals surface area contributed by atoms with Gasteiger partial charge in [0.2, 0.25) is 0 Å². The minimum absolute atomic E-state index is 0.154. The van der Waals surface area contributed by atoms with Crippen LogP contribution in [0.3, 0.4) is 0 Å². The SMILES string of the molecule is N#CC1CCCN(Cc2cccc(Cl)c2Cl)C1. The molecule has 1 heterocycles. The van der Waals surface area contributed by atoms with E-state index in [4.69, 9.17) is 28.5 Å². The minimum atomic E-state index is 0.154. The van der Waals surface area contributed by atoms with E-state index >= 15 is 0 Å². The van der Waals surface area contributed by atoms with Gasteiger partial charge < -0.3 is 0 Å². The number of benzene rings is 1. The first kappa shape index (κ1) is 12.7. The quantitative estimate of drug-likeness (QED) is 0.818. The molecule has 1 saturated heterocycles. The maximum Gasteiger partial charge on any atom is 0.0669 e. The summed E-state index contributed by atoms with van der Waals surface area (Å²) in [5.74, 6) is 0.154. The van der Waals surface area contributed by atoms with Crippen molar-refractivity contribution < 1.29 is 0 Å². The van der Waals surface area contributed by atoms with E-state index in [0.29, 0.717) is 10.0 Å². The molecular formula is C13H14Cl2N2. The Balaban J connectivity index is 2.06. The molecule has 0 aromatic heterocycles. The van der Waals surface area contributed by atoms with Crippen molar-refractivity contribution >= 4 is 23.2 Å². The van der Waals surface area contributed by atoms with Crippen molar-refractivity contribution in [1.82, 2.24) is 4.90 Å². The number of likely N-dealkylation sites (tertiary alicyclic amines) is 1. The molecule has 1 atom stereocenters. The molecular weight excluding hydrogens is 255 g/mol. The van der Waals surface area contributed by atoms with Gasteiger partial charge in [-0.2, -0.15) is 5.26 Å². The van der Waals surface area contributed by atoms with Crippen LogP contribution in [0.1, 0.15) is 18.4 Å². The van der Waals surface area contributed by atoms with Crippen molar-refractivity contribution in [3.05, 3.63) is 33.8 Å². The lowest BCUT2D eigenvalue weighted by Gasteiger charge is -2.29. The summed E-state index contributed by atoms with van der Waals surface area (Å²) in [5.41, 5.74) is 1.04. The van der Waals surface area contributed by atoms with E-state index in [1.807, 2.05) is 12.1 Å². The zero-order valence-corrected chi connectivity index (χ0v) is 11.0. The van der Waals surface area contributed by atoms with Crippen molar-refractivity contribution in [2.45, 2.75) is 19.4 Å². The highest BCUT2D eigenvalue weighted by atomic mass is 35.5. The second kappa shape index (κ2) is 5.73. The largest absolute Gasteiger partial charge is 0.298 e. The topological polar surface area (TPSA) is 27.0 Å². The molecule has 0 aliphatic carbocycles. The van der Waals surface area contributed by atoms with Crippen molar-refractivity contribution in [3.8, 4) is 6.07 Å². The maximum absolute atomic E-state index is 8.95. The number of nitriles is 1. The summed E-state index contributed by atoms with van der Waals surface area (Å²) in [5, 5.41) is 10.2. The fourth-order valence-electron chi connectivity index (χ4n) is 2.22. The highest BCUT2D eigenvalue weighted by Gasteiger charge is 2.20. The third kappa shape index (κ3) is 3.13. The average Bonchev–Trinajstić information content (AvgIpc) is 2.35. The molecule has 1 aromatic carbocycles. The average molecular weight is 269 g/mol. The summed E-state index contributed by atoms with van der Waals surface area (Å²) in [4.78, 5) is 2.27. The van der Waals surface area contributed by atoms with Gasteiger partial charge in [-0.3, -0.25) is 4.90 Å². The van der Waals surface area contributed by atoms with E-state index < -0.39 is 0 Å². The van der Waals surface area contributed by atoms with Crippen LogP contribution in [0.5, 0.6) is 0 Å². The van der Waals surface area contributed by atoms with Crippen LogP contribution < -0.4 is 0 Å². The van der Waals surface area contributed by atoms with Gasteiger partial charge in [0.15, 0.2) is 0 Å². The van der Waals surface area contributed by atoms with E-state index in [2.05, 4.69) is 11.0 Å². The summed E-state index contributed by atoms with van der Waals surface area (Å²) in [7, 11) is 0. The third-order valence-corrected chi connectivity index (χ3v) is 3.97. The number of piperidine rings is 1. The zero-order valence-electron chi connectivity index (χ0n) is 9.50. The third-order valence-electron chi connectivity index (χ3n) is 3.11. The van der Waals surface area contributed by atoms with Crippen molar-refractivity contribution in [3.63, 3.8) is 0 Å². The maximum atomic E-state index is 8.95. The molecule has 0 N–H and O–H groups in total. The lowest BCUT2D eigenvalue weighted by Crippen LogP contribution is -2.34. The number of hydrogen-bond donors (Lipinski definition) is 0. The van der Waals surface area contributed by atoms with Crippen LogP contribution in [0.15, 0.2) is 18.2 Å². The summed E-state index contributed by atoms with van der Waals surface area (Å²) < 4.78 is 0. The Bertz CT molecular complexity index is 440. The van der Waals surface area contributed by atoms with Crippen molar-refractivity contribution in [2.75, 3.05) is 13.1 Å². The molecule has 0 amide bonds. The molecule has 1 aromatic rings. The second-order valence-corrected chi connectivity index (χ2v) is 5.20. The molecule has 1 aliphatic rings. The molecule has 1 fully saturated rings. The minimum Gasteiger partial charge on any atom is -0.298 e. The van der Waals surface area contributed by atoms with Crippen LogP contribution in [0.25, 0.3) is 0 Å². The van der Waals surface area contributed by atoms with Crippen LogP contribution in [0.2, 0.25) is 10.0 Å². The number of halogens is 2. The Morgan fingerprint density at radius 1 is 1.41 bits per heavy atom. The molecule has 2 rings (SSSR count). The second-order valence-electron chi connectivity index (χ2n) is 4.42. The van der Waals surface area contributed by atoms with Gasteiger partial charge in [0, 0.05) is 13.1 Å². The molecule has 1 aliphatic heterocycles. The molecule has 2 nitrogen and oxygen atoms in total. The molecule has 0 radical (unpaired) electrons. The first-order valence-corrected chi connectivity index (χ1v) is 6.51. The first-order chi connectivity index (χ1) is 8.20. The number of nitrogens with zero attached hydrogens (tertiary/aromatic N) is 2. The van der Waals surface area contributed by atoms with E-state index in [1.165, 1.54) is 0 Å². The lowest BCUT2D eigenvalue weighted by molar-refractivity contribution is 0.192. The summed E-state index contributed by atoms with van der Waals surface area (Å²) in [6.07, 6.45) is 2.09. The van der Waals surface area contributed by atoms with Crippen LogP contribution in [0, 0.1) is 17.2 Å². The predicted octanol–water partition coefficient (Wildman–Crippen LogP) is 3.73. The standard InChI is InChI=1S/C13H14Cl2N2/c14-12-5-1-4-11(13(12)15)9-17-6-2-3-10(7-16)8-17/h1,4-5,10H,2-3,6,8-9H2. The Morgan fingerprint density at radius 3 is 3.00 bits per heavy atom. The Kier molecular flexibility index (Phi) is 4.28. The number of rotatable bonds is 2. The first-order valence-electron chi connectivity index (χ1n) is 5.75. The fourth-order valence-corrected chi connectivity index (χ4v) is 2.60. The summed E-state index contributed by atoms with van der Waals surface area (Å²) in [6, 6.07) is 8.04. The molecule has 0 bridgehead atoms.